The van der Waals surface area contributed by atoms with Crippen LogP contribution in [0.4, 0.5) is 14.9 Å². The number of unbranched alkanes of at least 4 members (excludes halogenated alkanes) is 2. The summed E-state index contributed by atoms with van der Waals surface area (Å²) in [5.74, 6) is -3.68. The van der Waals surface area contributed by atoms with Gasteiger partial charge in [-0.25, -0.2) is 9.18 Å². The third-order valence-corrected chi connectivity index (χ3v) is 19.0. The highest BCUT2D eigenvalue weighted by Crippen LogP contribution is 2.62. The molecule has 0 saturated carbocycles. The Kier molecular flexibility index (Phi) is 13.5. The minimum atomic E-state index is -3.04. The van der Waals surface area contributed by atoms with Gasteiger partial charge in [-0.05, 0) is 102 Å². The summed E-state index contributed by atoms with van der Waals surface area (Å²) in [7, 11) is -1.08. The second-order valence-electron chi connectivity index (χ2n) is 21.2. The van der Waals surface area contributed by atoms with Gasteiger partial charge in [-0.2, -0.15) is 0 Å². The van der Waals surface area contributed by atoms with E-state index in [9.17, 15) is 9.90 Å². The summed E-state index contributed by atoms with van der Waals surface area (Å²) in [6.45, 7) is 29.7. The van der Waals surface area contributed by atoms with Crippen LogP contribution in [0.2, 0.25) is 18.1 Å². The molecule has 1 saturated heterocycles. The monoisotopic (exact) mass is 918 g/mol. The Morgan fingerprint density at radius 2 is 1.69 bits per heavy atom. The minimum Gasteiger partial charge on any atom is -0.508 e. The highest BCUT2D eigenvalue weighted by Gasteiger charge is 2.68. The van der Waals surface area contributed by atoms with E-state index >= 15 is 14.0 Å². The minimum absolute atomic E-state index is 0.00442. The molecular formula is C50H71FN4O9Si. The Balaban J connectivity index is 1.53. The fraction of sp³-hybridized carbons (Fsp3) is 0.640. The SMILES string of the molecule is C=CCN(CC=C)[C@@H]1c2onc(OCCCC)c2C(=O)[C@@]2(O[Si](C)(C)C(C)(C)C)C(O)=C3C(=O)c4c(c(F)c5c(c4OCCCC)N(C(=O)OC(C)(C)C)CC4CCN(C)C54)C[C@H]3C[C@@H]12. The Labute approximate surface area is 385 Å². The number of hydrogen-bond donors (Lipinski definition) is 1. The zero-order valence-corrected chi connectivity index (χ0v) is 41.5. The first-order valence-electron chi connectivity index (χ1n) is 23.6. The number of hydrogen-bond acceptors (Lipinski definition) is 12. The zero-order chi connectivity index (χ0) is 47.6. The van der Waals surface area contributed by atoms with Crippen LogP contribution in [0.25, 0.3) is 0 Å². The molecule has 5 aliphatic rings. The molecule has 0 spiro atoms. The van der Waals surface area contributed by atoms with Crippen LogP contribution >= 0.6 is 0 Å². The number of ether oxygens (including phenoxy) is 3. The summed E-state index contributed by atoms with van der Waals surface area (Å²) < 4.78 is 50.5. The molecule has 2 unspecified atom stereocenters. The Morgan fingerprint density at radius 1 is 1.05 bits per heavy atom. The molecule has 1 fully saturated rings. The second kappa shape index (κ2) is 18.1. The fourth-order valence-corrected chi connectivity index (χ4v) is 12.0. The summed E-state index contributed by atoms with van der Waals surface area (Å²) in [4.78, 5) is 51.6. The number of allylic oxidation sites excluding steroid dienone is 1. The van der Waals surface area contributed by atoms with Gasteiger partial charge in [-0.15, -0.1) is 13.2 Å². The van der Waals surface area contributed by atoms with Gasteiger partial charge in [0.1, 0.15) is 22.7 Å². The van der Waals surface area contributed by atoms with Crippen LogP contribution in [0, 0.1) is 23.6 Å². The number of anilines is 1. The average molecular weight is 919 g/mol. The van der Waals surface area contributed by atoms with Gasteiger partial charge in [0.25, 0.3) is 5.88 Å². The molecule has 65 heavy (non-hydrogen) atoms. The number of halogens is 1. The van der Waals surface area contributed by atoms with E-state index in [1.54, 1.807) is 32.9 Å². The predicted octanol–water partition coefficient (Wildman–Crippen LogP) is 10.5. The van der Waals surface area contributed by atoms with Gasteiger partial charge >= 0.3 is 6.09 Å². The lowest BCUT2D eigenvalue weighted by atomic mass is 9.58. The van der Waals surface area contributed by atoms with E-state index in [1.165, 1.54) is 4.90 Å². The van der Waals surface area contributed by atoms with Crippen LogP contribution < -0.4 is 14.4 Å². The van der Waals surface area contributed by atoms with Crippen LogP contribution in [0.15, 0.2) is 41.2 Å². The molecule has 7 rings (SSSR count). The van der Waals surface area contributed by atoms with Crippen molar-refractivity contribution in [2.45, 2.75) is 142 Å². The van der Waals surface area contributed by atoms with Crippen molar-refractivity contribution >= 4 is 31.7 Å². The summed E-state index contributed by atoms with van der Waals surface area (Å²) in [6.07, 6.45) is 6.67. The molecule has 3 heterocycles. The summed E-state index contributed by atoms with van der Waals surface area (Å²) in [5.41, 5.74) is -2.34. The molecule has 1 aromatic heterocycles. The number of rotatable bonds is 15. The summed E-state index contributed by atoms with van der Waals surface area (Å²) in [5, 5.41) is 17.2. The van der Waals surface area contributed by atoms with Crippen molar-refractivity contribution in [1.82, 2.24) is 15.0 Å². The fourth-order valence-electron chi connectivity index (χ4n) is 10.6. The second-order valence-corrected chi connectivity index (χ2v) is 25.9. The third-order valence-electron chi connectivity index (χ3n) is 14.6. The summed E-state index contributed by atoms with van der Waals surface area (Å²) in [6, 6.07) is -1.12. The van der Waals surface area contributed by atoms with E-state index < -0.39 is 71.7 Å². The van der Waals surface area contributed by atoms with Crippen molar-refractivity contribution in [2.24, 2.45) is 17.8 Å². The van der Waals surface area contributed by atoms with Crippen molar-refractivity contribution in [3.63, 3.8) is 0 Å². The number of aromatic nitrogens is 1. The van der Waals surface area contributed by atoms with Gasteiger partial charge < -0.3 is 28.3 Å². The molecule has 15 heteroatoms. The number of fused-ring (bicyclic) bond motifs is 7. The number of aliphatic hydroxyl groups is 1. The van der Waals surface area contributed by atoms with Crippen LogP contribution in [-0.2, 0) is 15.6 Å². The lowest BCUT2D eigenvalue weighted by Gasteiger charge is -2.55. The van der Waals surface area contributed by atoms with Crippen LogP contribution in [-0.4, -0.2) is 104 Å². The van der Waals surface area contributed by atoms with Gasteiger partial charge in [-0.3, -0.25) is 24.3 Å². The Bertz CT molecular complexity index is 2250. The smallest absolute Gasteiger partial charge is 0.414 e. The Morgan fingerprint density at radius 3 is 2.29 bits per heavy atom. The molecule has 356 valence electrons. The van der Waals surface area contributed by atoms with E-state index in [0.29, 0.717) is 38.0 Å². The normalized spacial score (nSPS) is 25.4. The molecule has 1 aromatic carbocycles. The van der Waals surface area contributed by atoms with Gasteiger partial charge in [0.2, 0.25) is 5.78 Å². The third kappa shape index (κ3) is 8.19. The largest absolute Gasteiger partial charge is 0.508 e. The van der Waals surface area contributed by atoms with E-state index in [2.05, 4.69) is 28.1 Å². The number of nitrogens with zero attached hydrogens (tertiary/aromatic N) is 4. The lowest BCUT2D eigenvalue weighted by Crippen LogP contribution is -2.65. The highest BCUT2D eigenvalue weighted by molar-refractivity contribution is 6.74. The molecule has 2 aliphatic heterocycles. The standard InChI is InChI=1S/C50H71FN4O9Si/c1-14-18-24-60-42-34-31(37(51)35-38-29(20-23-53(38)11)28-55(40(35)42)47(59)62-48(5,6)7)26-30-27-32-39(54(21-16-3)22-17-4)43-36(46(52-63-43)61-25-19-15-2)45(58)50(32,44(57)33(30)41(34)56)64-65(12,13)49(8,9)10/h16-17,29-30,32,38-39,57H,3-4,14-15,18-28H2,1-2,5-13H3/t29?,30-,32-,38?,39-,50-/m0/s1. The van der Waals surface area contributed by atoms with Gasteiger partial charge in [-0.1, -0.05) is 59.6 Å². The molecule has 0 bridgehead atoms. The van der Waals surface area contributed by atoms with Crippen molar-refractivity contribution < 1.29 is 47.0 Å². The summed E-state index contributed by atoms with van der Waals surface area (Å²) >= 11 is 0. The van der Waals surface area contributed by atoms with Gasteiger partial charge in [0.15, 0.2) is 31.2 Å². The van der Waals surface area contributed by atoms with Crippen molar-refractivity contribution in [3.8, 4) is 11.6 Å². The molecular weight excluding hydrogens is 848 g/mol. The number of ketones is 2. The first-order valence-corrected chi connectivity index (χ1v) is 26.5. The first-order chi connectivity index (χ1) is 30.6. The van der Waals surface area contributed by atoms with Crippen LogP contribution in [0.1, 0.15) is 144 Å². The van der Waals surface area contributed by atoms with E-state index in [-0.39, 0.29) is 89.9 Å². The molecule has 1 amide bonds. The quantitative estimate of drug-likeness (QED) is 0.103. The van der Waals surface area contributed by atoms with E-state index in [4.69, 9.17) is 23.2 Å². The molecule has 6 atom stereocenters. The lowest BCUT2D eigenvalue weighted by molar-refractivity contribution is -0.0525. The predicted molar refractivity (Wildman–Crippen MR) is 250 cm³/mol. The number of aliphatic hydroxyl groups excluding tert-OH is 1. The zero-order valence-electron chi connectivity index (χ0n) is 40.5. The highest BCUT2D eigenvalue weighted by atomic mass is 28.4. The number of carbonyl (C=O) groups is 3. The maximum absolute atomic E-state index is 18.1. The van der Waals surface area contributed by atoms with Crippen LogP contribution in [0.5, 0.6) is 11.6 Å². The first kappa shape index (κ1) is 48.6. The van der Waals surface area contributed by atoms with Gasteiger partial charge in [0, 0.05) is 48.3 Å². The molecule has 0 radical (unpaired) electrons. The van der Waals surface area contributed by atoms with Crippen molar-refractivity contribution in [3.05, 3.63) is 70.5 Å². The Hall–Kier alpha value is -4.31. The molecule has 13 nitrogen and oxygen atoms in total. The molecule has 1 N–H and O–H groups in total. The van der Waals surface area contributed by atoms with Crippen molar-refractivity contribution in [1.29, 1.82) is 0 Å². The molecule has 3 aliphatic carbocycles. The maximum atomic E-state index is 18.1. The van der Waals surface area contributed by atoms with E-state index in [0.717, 1.165) is 19.3 Å². The van der Waals surface area contributed by atoms with Crippen LogP contribution in [0.3, 0.4) is 0 Å². The number of Topliss-reactive ketones (excluding diaryl/α,β-unsaturated/α-hetero) is 2. The van der Waals surface area contributed by atoms with E-state index in [1.807, 2.05) is 54.8 Å². The maximum Gasteiger partial charge on any atom is 0.414 e. The number of carbonyl (C=O) groups excluding carboxylic acids is 3. The number of likely N-dealkylation sites (tertiary alicyclic amines) is 1. The topological polar surface area (TPSA) is 144 Å². The van der Waals surface area contributed by atoms with Gasteiger partial charge in [0.05, 0.1) is 30.5 Å². The van der Waals surface area contributed by atoms with Crippen molar-refractivity contribution in [2.75, 3.05) is 51.3 Å². The number of amides is 1. The average Bonchev–Trinajstić information content (AvgIpc) is 3.81. The number of benzene rings is 1. The molecule has 2 aromatic rings.